The number of Topliss-reactive ketones (excluding diaryl/α,β-unsaturated/α-hetero) is 1. The Kier molecular flexibility index (Phi) is 3.86. The van der Waals surface area contributed by atoms with Crippen molar-refractivity contribution in [1.82, 2.24) is 9.88 Å². The van der Waals surface area contributed by atoms with Gasteiger partial charge in [0.15, 0.2) is 5.78 Å². The molecular weight excluding hydrogens is 340 g/mol. The Balaban J connectivity index is 1.73. The van der Waals surface area contributed by atoms with Gasteiger partial charge >= 0.3 is 0 Å². The predicted octanol–water partition coefficient (Wildman–Crippen LogP) is 4.13. The molecule has 1 amide bonds. The van der Waals surface area contributed by atoms with E-state index >= 15 is 0 Å². The molecule has 0 saturated carbocycles. The number of rotatable bonds is 3. The number of hydrogen-bond acceptors (Lipinski definition) is 4. The van der Waals surface area contributed by atoms with Crippen molar-refractivity contribution in [3.63, 3.8) is 0 Å². The Labute approximate surface area is 147 Å². The quantitative estimate of drug-likeness (QED) is 0.718. The molecular formula is C18H16N2O2S2. The largest absolute Gasteiger partial charge is 0.356 e. The highest BCUT2D eigenvalue weighted by Gasteiger charge is 2.34. The summed E-state index contributed by atoms with van der Waals surface area (Å²) in [5, 5.41) is 4.14. The van der Waals surface area contributed by atoms with Gasteiger partial charge in [0.05, 0.1) is 6.04 Å². The Morgan fingerprint density at radius 3 is 2.83 bits per heavy atom. The number of nitrogens with zero attached hydrogens (tertiary/aromatic N) is 1. The summed E-state index contributed by atoms with van der Waals surface area (Å²) in [4.78, 5) is 32.0. The molecule has 1 aliphatic heterocycles. The lowest BCUT2D eigenvalue weighted by molar-refractivity contribution is 0.0693. The lowest BCUT2D eigenvalue weighted by Gasteiger charge is -2.35. The van der Waals surface area contributed by atoms with Gasteiger partial charge in [0, 0.05) is 28.1 Å². The fraction of sp³-hybridized carbons (Fsp3) is 0.222. The van der Waals surface area contributed by atoms with Crippen LogP contribution in [0.3, 0.4) is 0 Å². The number of carbonyl (C=O) groups excluding carboxylic acids is 2. The smallest absolute Gasteiger partial charge is 0.271 e. The van der Waals surface area contributed by atoms with Crippen molar-refractivity contribution in [2.24, 2.45) is 0 Å². The highest BCUT2D eigenvalue weighted by molar-refractivity contribution is 7.10. The lowest BCUT2D eigenvalue weighted by Crippen LogP contribution is -2.39. The van der Waals surface area contributed by atoms with Crippen LogP contribution in [0.2, 0.25) is 0 Å². The summed E-state index contributed by atoms with van der Waals surface area (Å²) in [6.45, 7) is 2.19. The number of aromatic amines is 1. The minimum Gasteiger partial charge on any atom is -0.356 e. The highest BCUT2D eigenvalue weighted by Crippen LogP contribution is 2.40. The molecule has 0 fully saturated rings. The van der Waals surface area contributed by atoms with Gasteiger partial charge in [-0.2, -0.15) is 0 Å². The molecule has 4 nitrogen and oxygen atoms in total. The van der Waals surface area contributed by atoms with E-state index in [0.29, 0.717) is 17.8 Å². The molecule has 0 aliphatic carbocycles. The normalized spacial score (nSPS) is 16.9. The molecule has 3 aromatic rings. The molecule has 0 saturated heterocycles. The molecule has 3 aromatic heterocycles. The molecule has 0 spiro atoms. The monoisotopic (exact) mass is 356 g/mol. The third kappa shape index (κ3) is 2.52. The first-order valence-corrected chi connectivity index (χ1v) is 9.51. The summed E-state index contributed by atoms with van der Waals surface area (Å²) in [6, 6.07) is 7.83. The van der Waals surface area contributed by atoms with Crippen molar-refractivity contribution in [3.05, 3.63) is 67.8 Å². The molecule has 0 radical (unpaired) electrons. The molecule has 1 N–H and O–H groups in total. The Morgan fingerprint density at radius 2 is 2.12 bits per heavy atom. The van der Waals surface area contributed by atoms with E-state index in [4.69, 9.17) is 0 Å². The number of H-pyrrole nitrogens is 1. The number of amides is 1. The summed E-state index contributed by atoms with van der Waals surface area (Å²) < 4.78 is 0. The standard InChI is InChI=1S/C18H16N2O2S2/c1-11(21)12-9-14(19-10-12)18(22)20-6-4-15-13(5-8-24-15)17(20)16-3-2-7-23-16/h2-3,5,7-10,17,19H,4,6H2,1H3/t17-/m0/s1. The first kappa shape index (κ1) is 15.4. The topological polar surface area (TPSA) is 53.2 Å². The molecule has 6 heteroatoms. The summed E-state index contributed by atoms with van der Waals surface area (Å²) in [5.41, 5.74) is 2.24. The number of hydrogen-bond donors (Lipinski definition) is 1. The van der Waals surface area contributed by atoms with E-state index in [1.807, 2.05) is 16.3 Å². The molecule has 24 heavy (non-hydrogen) atoms. The Morgan fingerprint density at radius 1 is 1.25 bits per heavy atom. The third-order valence-corrected chi connectivity index (χ3v) is 6.28. The molecule has 4 heterocycles. The van der Waals surface area contributed by atoms with Crippen LogP contribution >= 0.6 is 22.7 Å². The van der Waals surface area contributed by atoms with E-state index in [0.717, 1.165) is 6.42 Å². The molecule has 0 aromatic carbocycles. The minimum atomic E-state index is -0.0576. The van der Waals surface area contributed by atoms with Crippen LogP contribution in [0, 0.1) is 0 Å². The summed E-state index contributed by atoms with van der Waals surface area (Å²) in [7, 11) is 0. The zero-order valence-electron chi connectivity index (χ0n) is 13.1. The maximum atomic E-state index is 13.1. The van der Waals surface area contributed by atoms with Crippen LogP contribution in [-0.2, 0) is 6.42 Å². The van der Waals surface area contributed by atoms with Crippen LogP contribution in [0.5, 0.6) is 0 Å². The molecule has 1 atom stereocenters. The average Bonchev–Trinajstić information content (AvgIpc) is 3.33. The first-order chi connectivity index (χ1) is 11.6. The van der Waals surface area contributed by atoms with E-state index in [-0.39, 0.29) is 17.7 Å². The van der Waals surface area contributed by atoms with Gasteiger partial charge < -0.3 is 9.88 Å². The van der Waals surface area contributed by atoms with Crippen LogP contribution in [0.4, 0.5) is 0 Å². The molecule has 4 rings (SSSR count). The number of aromatic nitrogens is 1. The third-order valence-electron chi connectivity index (χ3n) is 4.36. The second-order valence-electron chi connectivity index (χ2n) is 5.82. The van der Waals surface area contributed by atoms with Crippen molar-refractivity contribution in [3.8, 4) is 0 Å². The average molecular weight is 356 g/mol. The predicted molar refractivity (Wildman–Crippen MR) is 96.0 cm³/mol. The van der Waals surface area contributed by atoms with Crippen LogP contribution < -0.4 is 0 Å². The first-order valence-electron chi connectivity index (χ1n) is 7.75. The van der Waals surface area contributed by atoms with Gasteiger partial charge in [-0.3, -0.25) is 9.59 Å². The molecule has 0 bridgehead atoms. The summed E-state index contributed by atoms with van der Waals surface area (Å²) in [6.07, 6.45) is 2.48. The van der Waals surface area contributed by atoms with Crippen LogP contribution in [0.1, 0.15) is 49.1 Å². The summed E-state index contributed by atoms with van der Waals surface area (Å²) in [5.74, 6) is -0.100. The maximum Gasteiger partial charge on any atom is 0.271 e. The zero-order valence-corrected chi connectivity index (χ0v) is 14.7. The van der Waals surface area contributed by atoms with E-state index < -0.39 is 0 Å². The number of fused-ring (bicyclic) bond motifs is 1. The molecule has 122 valence electrons. The van der Waals surface area contributed by atoms with Crippen molar-refractivity contribution in [2.75, 3.05) is 6.54 Å². The van der Waals surface area contributed by atoms with Crippen molar-refractivity contribution in [1.29, 1.82) is 0 Å². The van der Waals surface area contributed by atoms with Gasteiger partial charge in [-0.1, -0.05) is 6.07 Å². The fourth-order valence-electron chi connectivity index (χ4n) is 3.16. The fourth-order valence-corrected chi connectivity index (χ4v) is 4.92. The van der Waals surface area contributed by atoms with Crippen molar-refractivity contribution >= 4 is 34.4 Å². The van der Waals surface area contributed by atoms with Gasteiger partial charge in [0.1, 0.15) is 5.69 Å². The Bertz CT molecular complexity index is 892. The second-order valence-corrected chi connectivity index (χ2v) is 7.80. The van der Waals surface area contributed by atoms with E-state index in [2.05, 4.69) is 22.5 Å². The van der Waals surface area contributed by atoms with Gasteiger partial charge in [-0.25, -0.2) is 0 Å². The zero-order chi connectivity index (χ0) is 16.7. The van der Waals surface area contributed by atoms with Gasteiger partial charge in [-0.15, -0.1) is 22.7 Å². The Hall–Kier alpha value is -2.18. The number of nitrogens with one attached hydrogen (secondary N) is 1. The van der Waals surface area contributed by atoms with Gasteiger partial charge in [0.2, 0.25) is 0 Å². The van der Waals surface area contributed by atoms with E-state index in [1.165, 1.54) is 22.2 Å². The number of thiophene rings is 2. The van der Waals surface area contributed by atoms with Crippen LogP contribution in [0.25, 0.3) is 0 Å². The van der Waals surface area contributed by atoms with Gasteiger partial charge in [0.25, 0.3) is 5.91 Å². The van der Waals surface area contributed by atoms with E-state index in [9.17, 15) is 9.59 Å². The maximum absolute atomic E-state index is 13.1. The van der Waals surface area contributed by atoms with Crippen molar-refractivity contribution in [2.45, 2.75) is 19.4 Å². The highest BCUT2D eigenvalue weighted by atomic mass is 32.1. The van der Waals surface area contributed by atoms with Crippen LogP contribution in [0.15, 0.2) is 41.2 Å². The molecule has 0 unspecified atom stereocenters. The second kappa shape index (κ2) is 6.03. The van der Waals surface area contributed by atoms with Crippen LogP contribution in [-0.4, -0.2) is 28.1 Å². The molecule has 1 aliphatic rings. The number of ketones is 1. The SMILES string of the molecule is CC(=O)c1c[nH]c(C(=O)N2CCc3sccc3[C@H]2c2cccs2)c1. The summed E-state index contributed by atoms with van der Waals surface area (Å²) >= 11 is 3.43. The van der Waals surface area contributed by atoms with Crippen molar-refractivity contribution < 1.29 is 9.59 Å². The van der Waals surface area contributed by atoms with Gasteiger partial charge in [-0.05, 0) is 47.9 Å². The minimum absolute atomic E-state index is 0.0427. The lowest BCUT2D eigenvalue weighted by atomic mass is 9.98. The number of carbonyl (C=O) groups is 2. The van der Waals surface area contributed by atoms with E-state index in [1.54, 1.807) is 34.9 Å².